The highest BCUT2D eigenvalue weighted by Crippen LogP contribution is 2.29. The van der Waals surface area contributed by atoms with Crippen molar-refractivity contribution in [3.63, 3.8) is 0 Å². The van der Waals surface area contributed by atoms with E-state index in [4.69, 9.17) is 0 Å². The topological polar surface area (TPSA) is 32.3 Å². The van der Waals surface area contributed by atoms with Crippen LogP contribution in [-0.2, 0) is 19.1 Å². The van der Waals surface area contributed by atoms with Gasteiger partial charge in [0.1, 0.15) is 0 Å². The van der Waals surface area contributed by atoms with Crippen LogP contribution in [0.5, 0.6) is 0 Å². The van der Waals surface area contributed by atoms with Crippen molar-refractivity contribution in [3.8, 4) is 0 Å². The van der Waals surface area contributed by atoms with E-state index in [9.17, 15) is 18.3 Å². The van der Waals surface area contributed by atoms with E-state index in [2.05, 4.69) is 5.32 Å². The molecule has 5 heteroatoms. The molecule has 0 aliphatic heterocycles. The Morgan fingerprint density at radius 2 is 1.65 bits per heavy atom. The number of aliphatic hydroxyl groups is 1. The minimum Gasteiger partial charge on any atom is -0.395 e. The van der Waals surface area contributed by atoms with Gasteiger partial charge in [0.2, 0.25) is 0 Å². The van der Waals surface area contributed by atoms with Crippen LogP contribution in [0.25, 0.3) is 0 Å². The monoisotopic (exact) mass is 323 g/mol. The van der Waals surface area contributed by atoms with E-state index in [0.29, 0.717) is 12.1 Å². The first-order valence-corrected chi connectivity index (χ1v) is 7.53. The van der Waals surface area contributed by atoms with E-state index >= 15 is 0 Å². The Labute approximate surface area is 134 Å². The second-order valence-electron chi connectivity index (χ2n) is 5.48. The van der Waals surface area contributed by atoms with Gasteiger partial charge in [-0.05, 0) is 30.0 Å². The maximum Gasteiger partial charge on any atom is 0.416 e. The lowest BCUT2D eigenvalue weighted by Gasteiger charge is -2.17. The molecule has 0 spiro atoms. The van der Waals surface area contributed by atoms with Crippen LogP contribution in [0.4, 0.5) is 13.2 Å². The first-order chi connectivity index (χ1) is 11.0. The Morgan fingerprint density at radius 3 is 2.30 bits per heavy atom. The standard InChI is InChI=1S/C18H20F3NO/c19-18(20,21)16-8-4-7-15(11-16)12-22-17(13-23)10-9-14-5-2-1-3-6-14/h1-8,11,17,22-23H,9-10,12-13H2/t17-/m0/s1. The van der Waals surface area contributed by atoms with Crippen LogP contribution >= 0.6 is 0 Å². The molecule has 2 N–H and O–H groups in total. The summed E-state index contributed by atoms with van der Waals surface area (Å²) in [5.74, 6) is 0. The van der Waals surface area contributed by atoms with Crippen LogP contribution < -0.4 is 5.32 Å². The molecule has 0 fully saturated rings. The Hall–Kier alpha value is -1.85. The fourth-order valence-electron chi connectivity index (χ4n) is 2.36. The Bertz CT molecular complexity index is 599. The number of nitrogens with one attached hydrogen (secondary N) is 1. The lowest BCUT2D eigenvalue weighted by atomic mass is 10.0. The van der Waals surface area contributed by atoms with Crippen LogP contribution in [0.3, 0.4) is 0 Å². The third-order valence-corrected chi connectivity index (χ3v) is 3.69. The molecule has 0 heterocycles. The minimum atomic E-state index is -4.33. The molecule has 2 rings (SSSR count). The summed E-state index contributed by atoms with van der Waals surface area (Å²) in [5, 5.41) is 12.5. The summed E-state index contributed by atoms with van der Waals surface area (Å²) >= 11 is 0. The van der Waals surface area contributed by atoms with Crippen molar-refractivity contribution in [2.45, 2.75) is 31.6 Å². The van der Waals surface area contributed by atoms with E-state index in [1.165, 1.54) is 11.6 Å². The van der Waals surface area contributed by atoms with Crippen molar-refractivity contribution >= 4 is 0 Å². The number of hydrogen-bond donors (Lipinski definition) is 2. The third kappa shape index (κ3) is 5.69. The zero-order chi connectivity index (χ0) is 16.7. The average molecular weight is 323 g/mol. The zero-order valence-corrected chi connectivity index (χ0v) is 12.7. The van der Waals surface area contributed by atoms with Crippen molar-refractivity contribution in [2.24, 2.45) is 0 Å². The fraction of sp³-hybridized carbons (Fsp3) is 0.333. The Kier molecular flexibility index (Phi) is 6.19. The molecule has 124 valence electrons. The largest absolute Gasteiger partial charge is 0.416 e. The lowest BCUT2D eigenvalue weighted by molar-refractivity contribution is -0.137. The summed E-state index contributed by atoms with van der Waals surface area (Å²) in [5.41, 5.74) is 1.08. The van der Waals surface area contributed by atoms with Gasteiger partial charge in [0.15, 0.2) is 0 Å². The van der Waals surface area contributed by atoms with Crippen molar-refractivity contribution in [1.29, 1.82) is 0 Å². The number of aliphatic hydroxyl groups excluding tert-OH is 1. The van der Waals surface area contributed by atoms with Gasteiger partial charge in [0.05, 0.1) is 12.2 Å². The first-order valence-electron chi connectivity index (χ1n) is 7.53. The molecule has 1 atom stereocenters. The zero-order valence-electron chi connectivity index (χ0n) is 12.7. The van der Waals surface area contributed by atoms with Gasteiger partial charge in [-0.15, -0.1) is 0 Å². The SMILES string of the molecule is OC[C@H](CCc1ccccc1)NCc1cccc(C(F)(F)F)c1. The maximum absolute atomic E-state index is 12.7. The third-order valence-electron chi connectivity index (χ3n) is 3.69. The molecule has 0 saturated heterocycles. The van der Waals surface area contributed by atoms with Gasteiger partial charge in [-0.3, -0.25) is 0 Å². The van der Waals surface area contributed by atoms with Gasteiger partial charge >= 0.3 is 6.18 Å². The van der Waals surface area contributed by atoms with Crippen LogP contribution in [0.15, 0.2) is 54.6 Å². The summed E-state index contributed by atoms with van der Waals surface area (Å²) in [4.78, 5) is 0. The Morgan fingerprint density at radius 1 is 0.957 bits per heavy atom. The smallest absolute Gasteiger partial charge is 0.395 e. The van der Waals surface area contributed by atoms with Crippen LogP contribution in [0, 0.1) is 0 Å². The number of halogens is 3. The van der Waals surface area contributed by atoms with Gasteiger partial charge < -0.3 is 10.4 Å². The molecule has 0 aliphatic rings. The van der Waals surface area contributed by atoms with E-state index < -0.39 is 11.7 Å². The van der Waals surface area contributed by atoms with Crippen molar-refractivity contribution in [1.82, 2.24) is 5.32 Å². The summed E-state index contributed by atoms with van der Waals surface area (Å²) in [6, 6.07) is 15.0. The molecular formula is C18H20F3NO. The average Bonchev–Trinajstić information content (AvgIpc) is 2.55. The number of alkyl halides is 3. The van der Waals surface area contributed by atoms with Gasteiger partial charge in [-0.25, -0.2) is 0 Å². The quantitative estimate of drug-likeness (QED) is 0.812. The van der Waals surface area contributed by atoms with E-state index in [0.717, 1.165) is 25.0 Å². The molecule has 0 radical (unpaired) electrons. The van der Waals surface area contributed by atoms with Crippen LogP contribution in [-0.4, -0.2) is 17.8 Å². The lowest BCUT2D eigenvalue weighted by Crippen LogP contribution is -2.32. The number of rotatable bonds is 7. The highest BCUT2D eigenvalue weighted by molar-refractivity contribution is 5.25. The fourth-order valence-corrected chi connectivity index (χ4v) is 2.36. The number of hydrogen-bond acceptors (Lipinski definition) is 2. The van der Waals surface area contributed by atoms with Crippen molar-refractivity contribution in [2.75, 3.05) is 6.61 Å². The normalized spacial score (nSPS) is 13.0. The molecule has 2 nitrogen and oxygen atoms in total. The summed E-state index contributed by atoms with van der Waals surface area (Å²) < 4.78 is 38.0. The summed E-state index contributed by atoms with van der Waals surface area (Å²) in [6.45, 7) is 0.246. The van der Waals surface area contributed by atoms with Crippen molar-refractivity contribution < 1.29 is 18.3 Å². The highest BCUT2D eigenvalue weighted by Gasteiger charge is 2.30. The van der Waals surface area contributed by atoms with E-state index in [1.807, 2.05) is 30.3 Å². The molecule has 0 saturated carbocycles. The minimum absolute atomic E-state index is 0.0498. The molecular weight excluding hydrogens is 303 g/mol. The molecule has 0 aromatic heterocycles. The van der Waals surface area contributed by atoms with E-state index in [-0.39, 0.29) is 12.6 Å². The molecule has 23 heavy (non-hydrogen) atoms. The van der Waals surface area contributed by atoms with Gasteiger partial charge in [-0.2, -0.15) is 13.2 Å². The van der Waals surface area contributed by atoms with Crippen LogP contribution in [0.2, 0.25) is 0 Å². The predicted octanol–water partition coefficient (Wildman–Crippen LogP) is 3.79. The molecule has 0 amide bonds. The summed E-state index contributed by atoms with van der Waals surface area (Å²) in [6.07, 6.45) is -2.80. The molecule has 2 aromatic carbocycles. The molecule has 2 aromatic rings. The number of aryl methyl sites for hydroxylation is 1. The maximum atomic E-state index is 12.7. The van der Waals surface area contributed by atoms with Gasteiger partial charge in [0, 0.05) is 12.6 Å². The van der Waals surface area contributed by atoms with E-state index in [1.54, 1.807) is 6.07 Å². The second-order valence-corrected chi connectivity index (χ2v) is 5.48. The molecule has 0 unspecified atom stereocenters. The Balaban J connectivity index is 1.88. The second kappa shape index (κ2) is 8.13. The van der Waals surface area contributed by atoms with Crippen LogP contribution in [0.1, 0.15) is 23.1 Å². The first kappa shape index (κ1) is 17.5. The summed E-state index contributed by atoms with van der Waals surface area (Å²) in [7, 11) is 0. The molecule has 0 bridgehead atoms. The highest BCUT2D eigenvalue weighted by atomic mass is 19.4. The molecule has 0 aliphatic carbocycles. The van der Waals surface area contributed by atoms with Gasteiger partial charge in [0.25, 0.3) is 0 Å². The number of benzene rings is 2. The van der Waals surface area contributed by atoms with Gasteiger partial charge in [-0.1, -0.05) is 48.5 Å². The van der Waals surface area contributed by atoms with Crippen molar-refractivity contribution in [3.05, 3.63) is 71.3 Å². The predicted molar refractivity (Wildman–Crippen MR) is 83.9 cm³/mol.